The van der Waals surface area contributed by atoms with E-state index in [1.165, 1.54) is 4.88 Å². The summed E-state index contributed by atoms with van der Waals surface area (Å²) in [6.45, 7) is 14.4. The molecule has 0 aliphatic carbocycles. The number of rotatable bonds is 9. The summed E-state index contributed by atoms with van der Waals surface area (Å²) in [5, 5.41) is 9.00. The molecule has 0 bridgehead atoms. The third kappa shape index (κ3) is 6.67. The van der Waals surface area contributed by atoms with Crippen LogP contribution in [-0.4, -0.2) is 73.2 Å². The number of nitrogens with zero attached hydrogens (tertiary/aromatic N) is 5. The zero-order valence-corrected chi connectivity index (χ0v) is 19.3. The molecule has 8 heteroatoms. The standard InChI is InChI=1S/C22H35N7S/c1-4-23-20(27-18-22(2,3)19-8-5-17-30-19)24-11-7-12-28-13-15-29(16-14-28)21-25-9-6-10-26-21/h5-6,8-10,17H,4,7,11-16,18H2,1-3H3,(H2,23,24,27). The Morgan fingerprint density at radius 2 is 1.90 bits per heavy atom. The molecule has 0 saturated carbocycles. The second-order valence-electron chi connectivity index (χ2n) is 8.21. The molecule has 3 heterocycles. The number of anilines is 1. The minimum atomic E-state index is 0.0542. The first kappa shape index (κ1) is 22.5. The van der Waals surface area contributed by atoms with Gasteiger partial charge in [-0.15, -0.1) is 11.3 Å². The summed E-state index contributed by atoms with van der Waals surface area (Å²) < 4.78 is 0. The molecule has 3 rings (SSSR count). The van der Waals surface area contributed by atoms with Crippen LogP contribution in [0.4, 0.5) is 5.95 Å². The van der Waals surface area contributed by atoms with Crippen LogP contribution < -0.4 is 15.5 Å². The van der Waals surface area contributed by atoms with Crippen LogP contribution in [-0.2, 0) is 5.41 Å². The van der Waals surface area contributed by atoms with E-state index in [0.717, 1.165) is 70.7 Å². The zero-order valence-electron chi connectivity index (χ0n) is 18.5. The fraction of sp³-hybridized carbons (Fsp3) is 0.591. The highest BCUT2D eigenvalue weighted by Crippen LogP contribution is 2.27. The second-order valence-corrected chi connectivity index (χ2v) is 9.16. The number of nitrogens with one attached hydrogen (secondary N) is 2. The number of aliphatic imine (C=N–C) groups is 1. The van der Waals surface area contributed by atoms with Crippen molar-refractivity contribution >= 4 is 23.2 Å². The van der Waals surface area contributed by atoms with Crippen molar-refractivity contribution in [3.05, 3.63) is 40.8 Å². The van der Waals surface area contributed by atoms with Crippen LogP contribution in [0.5, 0.6) is 0 Å². The van der Waals surface area contributed by atoms with E-state index in [2.05, 4.69) is 68.7 Å². The Kier molecular flexibility index (Phi) is 8.45. The molecule has 0 aromatic carbocycles. The molecular formula is C22H35N7S. The van der Waals surface area contributed by atoms with Crippen molar-refractivity contribution in [2.75, 3.05) is 57.3 Å². The molecule has 0 unspecified atom stereocenters. The number of thiophene rings is 1. The SMILES string of the molecule is CCNC(=NCC(C)(C)c1cccs1)NCCCN1CCN(c2ncccn2)CC1. The minimum absolute atomic E-state index is 0.0542. The Labute approximate surface area is 184 Å². The van der Waals surface area contributed by atoms with E-state index < -0.39 is 0 Å². The predicted octanol–water partition coefficient (Wildman–Crippen LogP) is 2.58. The van der Waals surface area contributed by atoms with Gasteiger partial charge in [0.25, 0.3) is 0 Å². The van der Waals surface area contributed by atoms with E-state index >= 15 is 0 Å². The molecule has 0 radical (unpaired) electrons. The summed E-state index contributed by atoms with van der Waals surface area (Å²) in [5.41, 5.74) is 0.0542. The topological polar surface area (TPSA) is 68.7 Å². The molecule has 7 nitrogen and oxygen atoms in total. The highest BCUT2D eigenvalue weighted by Gasteiger charge is 2.21. The molecule has 1 aliphatic heterocycles. The second kappa shape index (κ2) is 11.3. The summed E-state index contributed by atoms with van der Waals surface area (Å²) in [7, 11) is 0. The third-order valence-corrected chi connectivity index (χ3v) is 6.55. The van der Waals surface area contributed by atoms with Crippen LogP contribution in [0.2, 0.25) is 0 Å². The average molecular weight is 430 g/mol. The van der Waals surface area contributed by atoms with Crippen molar-refractivity contribution in [2.45, 2.75) is 32.6 Å². The molecule has 1 aliphatic rings. The molecule has 1 saturated heterocycles. The molecule has 2 N–H and O–H groups in total. The number of hydrogen-bond donors (Lipinski definition) is 2. The van der Waals surface area contributed by atoms with E-state index in [0.29, 0.717) is 0 Å². The zero-order chi connectivity index (χ0) is 21.2. The maximum absolute atomic E-state index is 4.84. The summed E-state index contributed by atoms with van der Waals surface area (Å²) >= 11 is 1.80. The van der Waals surface area contributed by atoms with E-state index in [1.54, 1.807) is 11.3 Å². The van der Waals surface area contributed by atoms with Crippen LogP contribution in [0.3, 0.4) is 0 Å². The molecule has 2 aromatic rings. The molecule has 30 heavy (non-hydrogen) atoms. The summed E-state index contributed by atoms with van der Waals surface area (Å²) in [6.07, 6.45) is 4.72. The lowest BCUT2D eigenvalue weighted by atomic mass is 9.92. The van der Waals surface area contributed by atoms with Gasteiger partial charge in [0.05, 0.1) is 6.54 Å². The first-order valence-corrected chi connectivity index (χ1v) is 11.8. The van der Waals surface area contributed by atoms with Gasteiger partial charge in [0, 0.05) is 62.0 Å². The largest absolute Gasteiger partial charge is 0.357 e. The van der Waals surface area contributed by atoms with Crippen LogP contribution in [0.1, 0.15) is 32.1 Å². The lowest BCUT2D eigenvalue weighted by molar-refractivity contribution is 0.254. The van der Waals surface area contributed by atoms with Gasteiger partial charge in [0.2, 0.25) is 5.95 Å². The van der Waals surface area contributed by atoms with Crippen molar-refractivity contribution in [3.8, 4) is 0 Å². The van der Waals surface area contributed by atoms with E-state index in [1.807, 2.05) is 18.5 Å². The maximum Gasteiger partial charge on any atom is 0.225 e. The summed E-state index contributed by atoms with van der Waals surface area (Å²) in [4.78, 5) is 19.7. The number of guanidine groups is 1. The molecular weight excluding hydrogens is 394 g/mol. The number of hydrogen-bond acceptors (Lipinski definition) is 6. The fourth-order valence-corrected chi connectivity index (χ4v) is 4.34. The van der Waals surface area contributed by atoms with Crippen molar-refractivity contribution in [3.63, 3.8) is 0 Å². The van der Waals surface area contributed by atoms with Crippen molar-refractivity contribution in [1.82, 2.24) is 25.5 Å². The molecule has 0 atom stereocenters. The Balaban J connectivity index is 1.38. The highest BCUT2D eigenvalue weighted by molar-refractivity contribution is 7.10. The summed E-state index contributed by atoms with van der Waals surface area (Å²) in [5.74, 6) is 1.75. The highest BCUT2D eigenvalue weighted by atomic mass is 32.1. The first-order chi connectivity index (χ1) is 14.6. The summed E-state index contributed by atoms with van der Waals surface area (Å²) in [6, 6.07) is 6.17. The van der Waals surface area contributed by atoms with Gasteiger partial charge in [-0.05, 0) is 37.4 Å². The van der Waals surface area contributed by atoms with Crippen molar-refractivity contribution < 1.29 is 0 Å². The molecule has 0 amide bonds. The molecule has 164 valence electrons. The van der Waals surface area contributed by atoms with Gasteiger partial charge in [0.1, 0.15) is 0 Å². The minimum Gasteiger partial charge on any atom is -0.357 e. The van der Waals surface area contributed by atoms with Crippen molar-refractivity contribution in [2.24, 2.45) is 4.99 Å². The van der Waals surface area contributed by atoms with Gasteiger partial charge in [-0.1, -0.05) is 19.9 Å². The lowest BCUT2D eigenvalue weighted by Gasteiger charge is -2.34. The van der Waals surface area contributed by atoms with Crippen LogP contribution in [0.15, 0.2) is 41.0 Å². The molecule has 1 fully saturated rings. The quantitative estimate of drug-likeness (QED) is 0.363. The van der Waals surface area contributed by atoms with Gasteiger partial charge < -0.3 is 15.5 Å². The van der Waals surface area contributed by atoms with Crippen LogP contribution >= 0.6 is 11.3 Å². The van der Waals surface area contributed by atoms with Crippen molar-refractivity contribution in [1.29, 1.82) is 0 Å². The smallest absolute Gasteiger partial charge is 0.225 e. The average Bonchev–Trinajstić information content (AvgIpc) is 3.32. The van der Waals surface area contributed by atoms with Gasteiger partial charge in [0.15, 0.2) is 5.96 Å². The Morgan fingerprint density at radius 3 is 2.57 bits per heavy atom. The molecule has 2 aromatic heterocycles. The Bertz CT molecular complexity index is 753. The lowest BCUT2D eigenvalue weighted by Crippen LogP contribution is -2.47. The monoisotopic (exact) mass is 429 g/mol. The van der Waals surface area contributed by atoms with E-state index in [9.17, 15) is 0 Å². The van der Waals surface area contributed by atoms with Gasteiger partial charge >= 0.3 is 0 Å². The van der Waals surface area contributed by atoms with Gasteiger partial charge in [-0.2, -0.15) is 0 Å². The fourth-order valence-electron chi connectivity index (χ4n) is 3.50. The predicted molar refractivity (Wildman–Crippen MR) is 127 cm³/mol. The Hall–Kier alpha value is -2.19. The number of piperazine rings is 1. The Morgan fingerprint density at radius 1 is 1.13 bits per heavy atom. The van der Waals surface area contributed by atoms with E-state index in [-0.39, 0.29) is 5.41 Å². The van der Waals surface area contributed by atoms with Crippen LogP contribution in [0.25, 0.3) is 0 Å². The maximum atomic E-state index is 4.84. The normalized spacial score (nSPS) is 16.0. The first-order valence-electron chi connectivity index (χ1n) is 10.9. The van der Waals surface area contributed by atoms with E-state index in [4.69, 9.17) is 4.99 Å². The number of aromatic nitrogens is 2. The molecule has 0 spiro atoms. The third-order valence-electron chi connectivity index (χ3n) is 5.32. The van der Waals surface area contributed by atoms with Gasteiger partial charge in [-0.25, -0.2) is 9.97 Å². The van der Waals surface area contributed by atoms with Gasteiger partial charge in [-0.3, -0.25) is 9.89 Å². The van der Waals surface area contributed by atoms with Crippen LogP contribution in [0, 0.1) is 0 Å².